The highest BCUT2D eigenvalue weighted by Gasteiger charge is 2.23. The minimum absolute atomic E-state index is 0.0902. The van der Waals surface area contributed by atoms with Gasteiger partial charge in [0.1, 0.15) is 11.5 Å². The molecule has 1 amide bonds. The van der Waals surface area contributed by atoms with Crippen LogP contribution in [-0.2, 0) is 6.54 Å². The number of aliphatic hydroxyl groups is 1. The first kappa shape index (κ1) is 25.7. The molecule has 0 saturated heterocycles. The molecule has 0 radical (unpaired) electrons. The molecular weight excluding hydrogens is 404 g/mol. The Morgan fingerprint density at radius 1 is 1.06 bits per heavy atom. The summed E-state index contributed by atoms with van der Waals surface area (Å²) in [6.45, 7) is 9.69. The molecule has 0 aliphatic carbocycles. The van der Waals surface area contributed by atoms with Crippen molar-refractivity contribution in [1.29, 1.82) is 0 Å². The number of carbonyl (C=O) groups is 1. The van der Waals surface area contributed by atoms with Gasteiger partial charge in [-0.25, -0.2) is 0 Å². The average Bonchev–Trinajstić information content (AvgIpc) is 2.76. The van der Waals surface area contributed by atoms with E-state index >= 15 is 0 Å². The van der Waals surface area contributed by atoms with Gasteiger partial charge in [-0.05, 0) is 62.2 Å². The summed E-state index contributed by atoms with van der Waals surface area (Å²) in [5.74, 6) is 1.33. The zero-order valence-corrected chi connectivity index (χ0v) is 20.7. The molecule has 1 N–H and O–H groups in total. The topological polar surface area (TPSA) is 62.2 Å². The standard InChI is InChI=1S/C26H38N2O4/c1-9-28(15-20-12-19(11-10-18(20)4)23(29)16-27(5)6)26(30)22-13-21(17(2)3)24(31-7)14-25(22)32-8/h10-14,17,23,29H,9,15-16H2,1-8H3. The van der Waals surface area contributed by atoms with Gasteiger partial charge in [-0.3, -0.25) is 4.79 Å². The highest BCUT2D eigenvalue weighted by atomic mass is 16.5. The first-order chi connectivity index (χ1) is 15.1. The van der Waals surface area contributed by atoms with Crippen molar-refractivity contribution >= 4 is 5.91 Å². The van der Waals surface area contributed by atoms with Crippen LogP contribution in [0.3, 0.4) is 0 Å². The van der Waals surface area contributed by atoms with Gasteiger partial charge in [0, 0.05) is 25.7 Å². The third kappa shape index (κ3) is 6.02. The minimum Gasteiger partial charge on any atom is -0.496 e. The maximum absolute atomic E-state index is 13.6. The number of nitrogens with zero attached hydrogens (tertiary/aromatic N) is 2. The molecule has 32 heavy (non-hydrogen) atoms. The van der Waals surface area contributed by atoms with Crippen molar-refractivity contribution < 1.29 is 19.4 Å². The Balaban J connectivity index is 2.40. The lowest BCUT2D eigenvalue weighted by atomic mass is 9.97. The van der Waals surface area contributed by atoms with Gasteiger partial charge in [0.15, 0.2) is 0 Å². The van der Waals surface area contributed by atoms with Crippen LogP contribution in [0.2, 0.25) is 0 Å². The average molecular weight is 443 g/mol. The van der Waals surface area contributed by atoms with E-state index in [9.17, 15) is 9.90 Å². The zero-order chi connectivity index (χ0) is 24.0. The number of carbonyl (C=O) groups excluding carboxylic acids is 1. The van der Waals surface area contributed by atoms with Crippen LogP contribution in [0.25, 0.3) is 0 Å². The second-order valence-electron chi connectivity index (χ2n) is 8.73. The van der Waals surface area contributed by atoms with Gasteiger partial charge in [0.05, 0.1) is 25.9 Å². The summed E-state index contributed by atoms with van der Waals surface area (Å²) in [5.41, 5.74) is 4.46. The minimum atomic E-state index is -0.578. The third-order valence-electron chi connectivity index (χ3n) is 5.73. The van der Waals surface area contributed by atoms with E-state index in [1.165, 1.54) is 0 Å². The van der Waals surface area contributed by atoms with Crippen molar-refractivity contribution in [1.82, 2.24) is 9.80 Å². The number of hydrogen-bond acceptors (Lipinski definition) is 5. The lowest BCUT2D eigenvalue weighted by Gasteiger charge is -2.25. The van der Waals surface area contributed by atoms with Crippen LogP contribution in [0.15, 0.2) is 30.3 Å². The molecule has 0 saturated carbocycles. The van der Waals surface area contributed by atoms with Crippen LogP contribution in [0.5, 0.6) is 11.5 Å². The molecule has 6 nitrogen and oxygen atoms in total. The highest BCUT2D eigenvalue weighted by molar-refractivity contribution is 5.97. The van der Waals surface area contributed by atoms with Crippen LogP contribution in [-0.4, -0.2) is 62.2 Å². The van der Waals surface area contributed by atoms with Crippen molar-refractivity contribution in [2.75, 3.05) is 41.4 Å². The number of rotatable bonds is 10. The molecule has 0 aliphatic heterocycles. The number of ether oxygens (including phenoxy) is 2. The fourth-order valence-corrected chi connectivity index (χ4v) is 3.77. The van der Waals surface area contributed by atoms with Crippen LogP contribution in [0.1, 0.15) is 65.4 Å². The van der Waals surface area contributed by atoms with Crippen molar-refractivity contribution in [2.24, 2.45) is 0 Å². The fourth-order valence-electron chi connectivity index (χ4n) is 3.77. The summed E-state index contributed by atoms with van der Waals surface area (Å²) in [5, 5.41) is 10.5. The number of aliphatic hydroxyl groups excluding tert-OH is 1. The van der Waals surface area contributed by atoms with E-state index in [1.807, 2.05) is 57.1 Å². The lowest BCUT2D eigenvalue weighted by Crippen LogP contribution is -2.31. The molecule has 0 bridgehead atoms. The maximum Gasteiger partial charge on any atom is 0.257 e. The van der Waals surface area contributed by atoms with Crippen LogP contribution in [0, 0.1) is 6.92 Å². The molecule has 1 unspecified atom stereocenters. The molecule has 2 rings (SSSR count). The third-order valence-corrected chi connectivity index (χ3v) is 5.73. The Bertz CT molecular complexity index is 924. The number of amides is 1. The lowest BCUT2D eigenvalue weighted by molar-refractivity contribution is 0.0748. The predicted molar refractivity (Wildman–Crippen MR) is 129 cm³/mol. The van der Waals surface area contributed by atoms with Crippen molar-refractivity contribution in [2.45, 2.75) is 46.3 Å². The maximum atomic E-state index is 13.6. The van der Waals surface area contributed by atoms with Gasteiger partial charge < -0.3 is 24.4 Å². The summed E-state index contributed by atoms with van der Waals surface area (Å²) in [6.07, 6.45) is -0.578. The van der Waals surface area contributed by atoms with E-state index in [4.69, 9.17) is 9.47 Å². The summed E-state index contributed by atoms with van der Waals surface area (Å²) < 4.78 is 11.0. The van der Waals surface area contributed by atoms with E-state index in [0.717, 1.165) is 28.0 Å². The molecule has 2 aromatic rings. The van der Waals surface area contributed by atoms with Crippen LogP contribution < -0.4 is 9.47 Å². The molecule has 2 aromatic carbocycles. The van der Waals surface area contributed by atoms with E-state index in [-0.39, 0.29) is 11.8 Å². The van der Waals surface area contributed by atoms with E-state index in [2.05, 4.69) is 13.8 Å². The molecule has 1 atom stereocenters. The van der Waals surface area contributed by atoms with Gasteiger partial charge in [-0.2, -0.15) is 0 Å². The first-order valence-electron chi connectivity index (χ1n) is 11.1. The van der Waals surface area contributed by atoms with E-state index < -0.39 is 6.10 Å². The van der Waals surface area contributed by atoms with Crippen molar-refractivity contribution in [3.8, 4) is 11.5 Å². The largest absolute Gasteiger partial charge is 0.496 e. The Morgan fingerprint density at radius 2 is 1.72 bits per heavy atom. The SMILES string of the molecule is CCN(Cc1cc(C(O)CN(C)C)ccc1C)C(=O)c1cc(C(C)C)c(OC)cc1OC. The fraction of sp³-hybridized carbons (Fsp3) is 0.500. The highest BCUT2D eigenvalue weighted by Crippen LogP contribution is 2.34. The smallest absolute Gasteiger partial charge is 0.257 e. The number of benzene rings is 2. The molecule has 176 valence electrons. The first-order valence-corrected chi connectivity index (χ1v) is 11.1. The molecule has 0 spiro atoms. The van der Waals surface area contributed by atoms with E-state index in [1.54, 1.807) is 25.2 Å². The van der Waals surface area contributed by atoms with Crippen LogP contribution >= 0.6 is 0 Å². The molecule has 0 aliphatic rings. The summed E-state index contributed by atoms with van der Waals surface area (Å²) in [6, 6.07) is 9.64. The summed E-state index contributed by atoms with van der Waals surface area (Å²) in [4.78, 5) is 17.3. The van der Waals surface area contributed by atoms with Gasteiger partial charge in [0.2, 0.25) is 0 Å². The molecule has 0 aromatic heterocycles. The normalized spacial score (nSPS) is 12.2. The van der Waals surface area contributed by atoms with Crippen molar-refractivity contribution in [3.63, 3.8) is 0 Å². The summed E-state index contributed by atoms with van der Waals surface area (Å²) >= 11 is 0. The van der Waals surface area contributed by atoms with Crippen LogP contribution in [0.4, 0.5) is 0 Å². The monoisotopic (exact) mass is 442 g/mol. The Morgan fingerprint density at radius 3 is 2.25 bits per heavy atom. The molecule has 0 fully saturated rings. The van der Waals surface area contributed by atoms with Gasteiger partial charge in [-0.1, -0.05) is 32.0 Å². The Kier molecular flexibility index (Phi) is 9.10. The van der Waals surface area contributed by atoms with Gasteiger partial charge in [0.25, 0.3) is 5.91 Å². The van der Waals surface area contributed by atoms with Crippen molar-refractivity contribution in [3.05, 3.63) is 58.1 Å². The Labute approximate surface area is 192 Å². The number of methoxy groups -OCH3 is 2. The van der Waals surface area contributed by atoms with E-state index in [0.29, 0.717) is 30.9 Å². The second kappa shape index (κ2) is 11.3. The number of hydrogen-bond donors (Lipinski definition) is 1. The zero-order valence-electron chi connectivity index (χ0n) is 20.7. The second-order valence-corrected chi connectivity index (χ2v) is 8.73. The molecule has 6 heteroatoms. The number of aryl methyl sites for hydroxylation is 1. The quantitative estimate of drug-likeness (QED) is 0.591. The number of likely N-dealkylation sites (N-methyl/N-ethyl adjacent to an activating group) is 1. The van der Waals surface area contributed by atoms with Gasteiger partial charge >= 0.3 is 0 Å². The van der Waals surface area contributed by atoms with Gasteiger partial charge in [-0.15, -0.1) is 0 Å². The molecule has 0 heterocycles. The predicted octanol–water partition coefficient (Wildman–Crippen LogP) is 4.39. The summed E-state index contributed by atoms with van der Waals surface area (Å²) in [7, 11) is 7.06. The molecular formula is C26H38N2O4. The Hall–Kier alpha value is -2.57.